The highest BCUT2D eigenvalue weighted by Crippen LogP contribution is 2.11. The predicted octanol–water partition coefficient (Wildman–Crippen LogP) is 0.795. The standard InChI is InChI=1S/C17H27N5O4/c1-3-25-17(24)22-10-6-13(7-11-22)21-16(18-2)20-9-8-19-15(23)14-5-4-12-26-14/h4-5,12-13H,3,6-11H2,1-2H3,(H,19,23)(H2,18,20,21). The molecule has 144 valence electrons. The van der Waals surface area contributed by atoms with E-state index in [1.165, 1.54) is 6.26 Å². The van der Waals surface area contributed by atoms with Gasteiger partial charge in [0, 0.05) is 39.3 Å². The number of piperidine rings is 1. The molecule has 0 unspecified atom stereocenters. The molecule has 9 nitrogen and oxygen atoms in total. The van der Waals surface area contributed by atoms with Crippen LogP contribution in [0.25, 0.3) is 0 Å². The number of rotatable bonds is 6. The van der Waals surface area contributed by atoms with Crippen molar-refractivity contribution in [1.29, 1.82) is 0 Å². The van der Waals surface area contributed by atoms with Crippen LogP contribution in [-0.2, 0) is 4.74 Å². The molecule has 0 aromatic carbocycles. The van der Waals surface area contributed by atoms with Gasteiger partial charge >= 0.3 is 6.09 Å². The molecule has 0 bridgehead atoms. The number of guanidine groups is 1. The van der Waals surface area contributed by atoms with Gasteiger partial charge in [-0.1, -0.05) is 0 Å². The van der Waals surface area contributed by atoms with Crippen LogP contribution in [0.5, 0.6) is 0 Å². The van der Waals surface area contributed by atoms with Crippen molar-refractivity contribution in [2.24, 2.45) is 4.99 Å². The number of hydrogen-bond acceptors (Lipinski definition) is 5. The zero-order valence-corrected chi connectivity index (χ0v) is 15.3. The summed E-state index contributed by atoms with van der Waals surface area (Å²) in [7, 11) is 1.70. The first-order chi connectivity index (χ1) is 12.6. The van der Waals surface area contributed by atoms with Crippen LogP contribution in [0.4, 0.5) is 4.79 Å². The Morgan fingerprint density at radius 1 is 1.31 bits per heavy atom. The third-order valence-electron chi connectivity index (χ3n) is 4.03. The molecule has 0 atom stereocenters. The molecule has 1 saturated heterocycles. The normalized spacial score (nSPS) is 15.5. The predicted molar refractivity (Wildman–Crippen MR) is 97.2 cm³/mol. The fourth-order valence-electron chi connectivity index (χ4n) is 2.66. The number of furan rings is 1. The van der Waals surface area contributed by atoms with Gasteiger partial charge in [0.05, 0.1) is 12.9 Å². The highest BCUT2D eigenvalue weighted by Gasteiger charge is 2.23. The van der Waals surface area contributed by atoms with Crippen LogP contribution < -0.4 is 16.0 Å². The largest absolute Gasteiger partial charge is 0.459 e. The minimum absolute atomic E-state index is 0.240. The Bertz CT molecular complexity index is 594. The Labute approximate surface area is 153 Å². The number of hydrogen-bond donors (Lipinski definition) is 3. The van der Waals surface area contributed by atoms with Gasteiger partial charge in [-0.05, 0) is 31.9 Å². The van der Waals surface area contributed by atoms with Crippen molar-refractivity contribution in [1.82, 2.24) is 20.9 Å². The first-order valence-corrected chi connectivity index (χ1v) is 8.84. The lowest BCUT2D eigenvalue weighted by Gasteiger charge is -2.32. The van der Waals surface area contributed by atoms with Crippen LogP contribution in [0.3, 0.4) is 0 Å². The van der Waals surface area contributed by atoms with E-state index in [1.807, 2.05) is 0 Å². The molecule has 1 aromatic rings. The average molecular weight is 365 g/mol. The van der Waals surface area contributed by atoms with E-state index >= 15 is 0 Å². The van der Waals surface area contributed by atoms with Crippen LogP contribution >= 0.6 is 0 Å². The molecular formula is C17H27N5O4. The molecule has 0 saturated carbocycles. The van der Waals surface area contributed by atoms with Gasteiger partial charge in [-0.15, -0.1) is 0 Å². The third-order valence-corrected chi connectivity index (χ3v) is 4.03. The first-order valence-electron chi connectivity index (χ1n) is 8.84. The second-order valence-corrected chi connectivity index (χ2v) is 5.84. The van der Waals surface area contributed by atoms with Gasteiger partial charge < -0.3 is 30.0 Å². The number of likely N-dealkylation sites (tertiary alicyclic amines) is 1. The van der Waals surface area contributed by atoms with E-state index in [1.54, 1.807) is 31.0 Å². The van der Waals surface area contributed by atoms with Gasteiger partial charge in [-0.25, -0.2) is 4.79 Å². The zero-order valence-electron chi connectivity index (χ0n) is 15.3. The molecule has 1 fully saturated rings. The second kappa shape index (κ2) is 10.3. The Hall–Kier alpha value is -2.71. The first kappa shape index (κ1) is 19.6. The molecule has 1 aliphatic heterocycles. The summed E-state index contributed by atoms with van der Waals surface area (Å²) in [4.78, 5) is 29.4. The average Bonchev–Trinajstić information content (AvgIpc) is 3.19. The van der Waals surface area contributed by atoms with Crippen LogP contribution in [0.2, 0.25) is 0 Å². The molecule has 0 aliphatic carbocycles. The second-order valence-electron chi connectivity index (χ2n) is 5.84. The van der Waals surface area contributed by atoms with E-state index in [4.69, 9.17) is 9.15 Å². The molecule has 2 heterocycles. The molecule has 2 rings (SSSR count). The van der Waals surface area contributed by atoms with Crippen LogP contribution in [-0.4, -0.2) is 68.7 Å². The molecule has 3 N–H and O–H groups in total. The van der Waals surface area contributed by atoms with Crippen molar-refractivity contribution in [3.05, 3.63) is 24.2 Å². The van der Waals surface area contributed by atoms with Gasteiger partial charge in [0.2, 0.25) is 0 Å². The van der Waals surface area contributed by atoms with Crippen molar-refractivity contribution in [3.8, 4) is 0 Å². The monoisotopic (exact) mass is 365 g/mol. The van der Waals surface area contributed by atoms with Crippen molar-refractivity contribution < 1.29 is 18.7 Å². The highest BCUT2D eigenvalue weighted by molar-refractivity contribution is 5.91. The summed E-state index contributed by atoms with van der Waals surface area (Å²) in [6.07, 6.45) is 2.87. The van der Waals surface area contributed by atoms with Gasteiger partial charge in [0.15, 0.2) is 11.7 Å². The number of carbonyl (C=O) groups excluding carboxylic acids is 2. The van der Waals surface area contributed by atoms with E-state index < -0.39 is 0 Å². The number of aliphatic imine (C=N–C) groups is 1. The molecule has 1 aromatic heterocycles. The molecule has 0 spiro atoms. The minimum Gasteiger partial charge on any atom is -0.459 e. The molecule has 2 amide bonds. The fraction of sp³-hybridized carbons (Fsp3) is 0.588. The van der Waals surface area contributed by atoms with Crippen LogP contribution in [0, 0.1) is 0 Å². The summed E-state index contributed by atoms with van der Waals surface area (Å²) in [5.74, 6) is 0.721. The number of carbonyl (C=O) groups is 2. The van der Waals surface area contributed by atoms with Crippen LogP contribution in [0.1, 0.15) is 30.3 Å². The number of nitrogens with one attached hydrogen (secondary N) is 3. The lowest BCUT2D eigenvalue weighted by atomic mass is 10.1. The summed E-state index contributed by atoms with van der Waals surface area (Å²) in [5.41, 5.74) is 0. The maximum absolute atomic E-state index is 11.7. The topological polar surface area (TPSA) is 108 Å². The van der Waals surface area contributed by atoms with Crippen molar-refractivity contribution in [2.45, 2.75) is 25.8 Å². The maximum atomic E-state index is 11.7. The minimum atomic E-state index is -0.249. The Morgan fingerprint density at radius 2 is 2.04 bits per heavy atom. The van der Waals surface area contributed by atoms with E-state index in [9.17, 15) is 9.59 Å². The smallest absolute Gasteiger partial charge is 0.409 e. The quantitative estimate of drug-likeness (QED) is 0.391. The number of nitrogens with zero attached hydrogens (tertiary/aromatic N) is 2. The Balaban J connectivity index is 1.64. The summed E-state index contributed by atoms with van der Waals surface area (Å²) in [6.45, 7) is 4.50. The van der Waals surface area contributed by atoms with Crippen molar-refractivity contribution in [2.75, 3.05) is 39.8 Å². The zero-order chi connectivity index (χ0) is 18.8. The third kappa shape index (κ3) is 5.98. The highest BCUT2D eigenvalue weighted by atomic mass is 16.6. The van der Waals surface area contributed by atoms with E-state index in [-0.39, 0.29) is 18.0 Å². The van der Waals surface area contributed by atoms with E-state index in [0.29, 0.717) is 44.5 Å². The lowest BCUT2D eigenvalue weighted by molar-refractivity contribution is 0.0924. The summed E-state index contributed by atoms with van der Waals surface area (Å²) >= 11 is 0. The molecule has 9 heteroatoms. The molecule has 1 aliphatic rings. The van der Waals surface area contributed by atoms with Crippen molar-refractivity contribution in [3.63, 3.8) is 0 Å². The summed E-state index contributed by atoms with van der Waals surface area (Å²) in [6, 6.07) is 3.53. The Kier molecular flexibility index (Phi) is 7.78. The number of ether oxygens (including phenoxy) is 1. The number of amides is 2. The van der Waals surface area contributed by atoms with Gasteiger partial charge in [0.1, 0.15) is 0 Å². The lowest BCUT2D eigenvalue weighted by Crippen LogP contribution is -2.50. The molecule has 26 heavy (non-hydrogen) atoms. The van der Waals surface area contributed by atoms with Crippen LogP contribution in [0.15, 0.2) is 27.8 Å². The summed E-state index contributed by atoms with van der Waals surface area (Å²) < 4.78 is 10.1. The van der Waals surface area contributed by atoms with Crippen molar-refractivity contribution >= 4 is 18.0 Å². The Morgan fingerprint density at radius 3 is 2.65 bits per heavy atom. The maximum Gasteiger partial charge on any atom is 0.409 e. The van der Waals surface area contributed by atoms with Gasteiger partial charge in [-0.2, -0.15) is 0 Å². The van der Waals surface area contributed by atoms with E-state index in [0.717, 1.165) is 12.8 Å². The SMILES string of the molecule is CCOC(=O)N1CCC(NC(=NC)NCCNC(=O)c2ccco2)CC1. The summed E-state index contributed by atoms with van der Waals surface area (Å²) in [5, 5.41) is 9.26. The molecule has 0 radical (unpaired) electrons. The van der Waals surface area contributed by atoms with E-state index in [2.05, 4.69) is 20.9 Å². The van der Waals surface area contributed by atoms with Gasteiger partial charge in [-0.3, -0.25) is 9.79 Å². The fourth-order valence-corrected chi connectivity index (χ4v) is 2.66. The van der Waals surface area contributed by atoms with Gasteiger partial charge in [0.25, 0.3) is 5.91 Å². The molecular weight excluding hydrogens is 338 g/mol.